The molecule has 3 heterocycles. The first-order valence-corrected chi connectivity index (χ1v) is 11.7. The number of benzene rings is 2. The fraction of sp³-hybridized carbons (Fsp3) is 0.154. The quantitative estimate of drug-likeness (QED) is 0.280. The molecule has 1 fully saturated rings. The number of amides is 1. The van der Waals surface area contributed by atoms with E-state index < -0.39 is 0 Å². The van der Waals surface area contributed by atoms with Gasteiger partial charge in [-0.25, -0.2) is 0 Å². The van der Waals surface area contributed by atoms with Crippen molar-refractivity contribution in [2.75, 3.05) is 5.01 Å². The minimum absolute atomic E-state index is 0.0854. The Hall–Kier alpha value is -3.09. The first-order chi connectivity index (χ1) is 15.4. The normalized spacial score (nSPS) is 15.5. The van der Waals surface area contributed by atoms with Crippen molar-refractivity contribution in [3.05, 3.63) is 99.8 Å². The van der Waals surface area contributed by atoms with Crippen LogP contribution < -0.4 is 5.01 Å². The summed E-state index contributed by atoms with van der Waals surface area (Å²) >= 11 is 6.93. The van der Waals surface area contributed by atoms with Crippen LogP contribution in [0, 0.1) is 20.8 Å². The molecule has 1 amide bonds. The molecule has 0 radical (unpaired) electrons. The molecule has 4 aromatic rings. The van der Waals surface area contributed by atoms with Crippen molar-refractivity contribution in [1.82, 2.24) is 9.24 Å². The molecule has 0 atom stereocenters. The highest BCUT2D eigenvalue weighted by atomic mass is 32.2. The van der Waals surface area contributed by atoms with E-state index in [1.165, 1.54) is 22.9 Å². The van der Waals surface area contributed by atoms with Gasteiger partial charge in [-0.15, -0.1) is 0 Å². The van der Waals surface area contributed by atoms with E-state index in [1.807, 2.05) is 42.8 Å². The summed E-state index contributed by atoms with van der Waals surface area (Å²) in [6.07, 6.45) is 4.10. The highest BCUT2D eigenvalue weighted by Gasteiger charge is 2.35. The van der Waals surface area contributed by atoms with E-state index in [9.17, 15) is 4.79 Å². The summed E-state index contributed by atoms with van der Waals surface area (Å²) in [7, 11) is 0. The maximum Gasteiger partial charge on any atom is 0.285 e. The summed E-state index contributed by atoms with van der Waals surface area (Å²) in [5.74, 6) is -0.0854. The van der Waals surface area contributed by atoms with Crippen LogP contribution in [0.3, 0.4) is 0 Å². The smallest absolute Gasteiger partial charge is 0.285 e. The molecule has 0 unspecified atom stereocenters. The second kappa shape index (κ2) is 8.11. The minimum Gasteiger partial charge on any atom is -0.342 e. The van der Waals surface area contributed by atoms with Crippen molar-refractivity contribution in [1.29, 1.82) is 0 Å². The predicted molar refractivity (Wildman–Crippen MR) is 138 cm³/mol. The van der Waals surface area contributed by atoms with Gasteiger partial charge in [0.1, 0.15) is 0 Å². The van der Waals surface area contributed by atoms with E-state index in [0.29, 0.717) is 9.23 Å². The Morgan fingerprint density at radius 3 is 2.34 bits per heavy atom. The molecule has 0 spiro atoms. The Morgan fingerprint density at radius 2 is 1.62 bits per heavy atom. The average Bonchev–Trinajstić information content (AvgIpc) is 3.38. The topological polar surface area (TPSA) is 30.2 Å². The number of hydrogen-bond donors (Lipinski definition) is 0. The Labute approximate surface area is 197 Å². The Morgan fingerprint density at radius 1 is 0.938 bits per heavy atom. The molecule has 6 heteroatoms. The van der Waals surface area contributed by atoms with Crippen LogP contribution >= 0.6 is 24.0 Å². The number of aryl methyl sites for hydroxylation is 3. The van der Waals surface area contributed by atoms with Crippen LogP contribution in [0.2, 0.25) is 0 Å². The van der Waals surface area contributed by atoms with Crippen molar-refractivity contribution >= 4 is 51.2 Å². The lowest BCUT2D eigenvalue weighted by Gasteiger charge is -2.20. The molecule has 0 N–H and O–H groups in total. The number of nitrogens with zero attached hydrogens (tertiary/aromatic N) is 3. The minimum atomic E-state index is -0.0854. The summed E-state index contributed by atoms with van der Waals surface area (Å²) in [5, 5.41) is 2.72. The molecule has 2 aromatic heterocycles. The highest BCUT2D eigenvalue weighted by Crippen LogP contribution is 2.34. The van der Waals surface area contributed by atoms with Crippen LogP contribution in [0.5, 0.6) is 0 Å². The van der Waals surface area contributed by atoms with Gasteiger partial charge in [-0.05, 0) is 62.8 Å². The standard InChI is InChI=1S/C26H23N3OS2/c1-17-8-12-20(13-9-17)15-27-16-21(22-6-4-5-7-23(22)27)14-24-25(30)29(26(31)32-24)28-18(2)10-11-19(28)3/h4-14,16H,15H2,1-3H3/b24-14-. The van der Waals surface area contributed by atoms with Gasteiger partial charge in [-0.2, -0.15) is 5.01 Å². The molecule has 1 saturated heterocycles. The number of thioether (sulfide) groups is 1. The number of carbonyl (C=O) groups is 1. The van der Waals surface area contributed by atoms with Gasteiger partial charge in [0.15, 0.2) is 4.32 Å². The Bertz CT molecular complexity index is 1370. The molecule has 1 aliphatic rings. The van der Waals surface area contributed by atoms with Crippen LogP contribution in [-0.4, -0.2) is 19.5 Å². The summed E-state index contributed by atoms with van der Waals surface area (Å²) in [5.41, 5.74) is 6.63. The molecule has 0 saturated carbocycles. The number of para-hydroxylation sites is 1. The molecule has 4 nitrogen and oxygen atoms in total. The first-order valence-electron chi connectivity index (χ1n) is 10.5. The number of thiocarbonyl (C=S) groups is 1. The molecule has 0 bridgehead atoms. The van der Waals surface area contributed by atoms with E-state index in [2.05, 4.69) is 60.2 Å². The maximum atomic E-state index is 13.3. The van der Waals surface area contributed by atoms with Crippen LogP contribution in [0.4, 0.5) is 0 Å². The molecule has 160 valence electrons. The zero-order chi connectivity index (χ0) is 22.4. The number of rotatable bonds is 4. The predicted octanol–water partition coefficient (Wildman–Crippen LogP) is 5.95. The van der Waals surface area contributed by atoms with Crippen molar-refractivity contribution in [3.8, 4) is 0 Å². The summed E-state index contributed by atoms with van der Waals surface area (Å²) < 4.78 is 4.68. The maximum absolute atomic E-state index is 13.3. The molecular formula is C26H23N3OS2. The third-order valence-electron chi connectivity index (χ3n) is 5.79. The molecular weight excluding hydrogens is 434 g/mol. The Balaban J connectivity index is 1.53. The lowest BCUT2D eigenvalue weighted by molar-refractivity contribution is -0.114. The Kier molecular flexibility index (Phi) is 5.27. The van der Waals surface area contributed by atoms with Crippen molar-refractivity contribution in [2.24, 2.45) is 0 Å². The summed E-state index contributed by atoms with van der Waals surface area (Å²) in [6.45, 7) is 6.83. The highest BCUT2D eigenvalue weighted by molar-refractivity contribution is 8.27. The SMILES string of the molecule is Cc1ccc(Cn2cc(/C=C3\SC(=S)N(n4c(C)ccc4C)C3=O)c3ccccc32)cc1. The zero-order valence-electron chi connectivity index (χ0n) is 18.2. The van der Waals surface area contributed by atoms with Gasteiger partial charge in [0, 0.05) is 40.6 Å². The van der Waals surface area contributed by atoms with Crippen LogP contribution in [0.25, 0.3) is 17.0 Å². The summed E-state index contributed by atoms with van der Waals surface area (Å²) in [4.78, 5) is 14.0. The van der Waals surface area contributed by atoms with E-state index in [-0.39, 0.29) is 5.91 Å². The number of carbonyl (C=O) groups excluding carboxylic acids is 1. The van der Waals surface area contributed by atoms with Gasteiger partial charge >= 0.3 is 0 Å². The molecule has 0 aliphatic carbocycles. The van der Waals surface area contributed by atoms with Crippen molar-refractivity contribution < 1.29 is 4.79 Å². The third-order valence-corrected chi connectivity index (χ3v) is 7.07. The van der Waals surface area contributed by atoms with E-state index >= 15 is 0 Å². The van der Waals surface area contributed by atoms with Crippen molar-refractivity contribution in [3.63, 3.8) is 0 Å². The molecule has 2 aromatic carbocycles. The lowest BCUT2D eigenvalue weighted by Crippen LogP contribution is -2.39. The van der Waals surface area contributed by atoms with Gasteiger partial charge in [0.25, 0.3) is 5.91 Å². The second-order valence-electron chi connectivity index (χ2n) is 8.14. The number of fused-ring (bicyclic) bond motifs is 1. The first kappa shape index (κ1) is 20.8. The zero-order valence-corrected chi connectivity index (χ0v) is 19.8. The van der Waals surface area contributed by atoms with Crippen LogP contribution in [0.15, 0.2) is 71.8 Å². The number of aromatic nitrogens is 2. The van der Waals surface area contributed by atoms with Gasteiger partial charge in [0.05, 0.1) is 4.91 Å². The monoisotopic (exact) mass is 457 g/mol. The molecule has 32 heavy (non-hydrogen) atoms. The van der Waals surface area contributed by atoms with Gasteiger partial charge in [-0.3, -0.25) is 9.47 Å². The largest absolute Gasteiger partial charge is 0.342 e. The van der Waals surface area contributed by atoms with Crippen LogP contribution in [0.1, 0.15) is 28.1 Å². The fourth-order valence-corrected chi connectivity index (χ4v) is 5.39. The van der Waals surface area contributed by atoms with E-state index in [1.54, 1.807) is 5.01 Å². The number of hydrogen-bond acceptors (Lipinski definition) is 3. The van der Waals surface area contributed by atoms with E-state index in [0.717, 1.165) is 34.4 Å². The van der Waals surface area contributed by atoms with Gasteiger partial charge < -0.3 is 4.57 Å². The lowest BCUT2D eigenvalue weighted by atomic mass is 10.1. The second-order valence-corrected chi connectivity index (χ2v) is 9.81. The van der Waals surface area contributed by atoms with Gasteiger partial charge in [-0.1, -0.05) is 59.8 Å². The van der Waals surface area contributed by atoms with Crippen LogP contribution in [-0.2, 0) is 11.3 Å². The fourth-order valence-electron chi connectivity index (χ4n) is 4.16. The van der Waals surface area contributed by atoms with Gasteiger partial charge in [0.2, 0.25) is 0 Å². The average molecular weight is 458 g/mol. The van der Waals surface area contributed by atoms with Crippen molar-refractivity contribution in [2.45, 2.75) is 27.3 Å². The molecule has 5 rings (SSSR count). The van der Waals surface area contributed by atoms with E-state index in [4.69, 9.17) is 12.2 Å². The summed E-state index contributed by atoms with van der Waals surface area (Å²) in [6, 6.07) is 20.9. The molecule has 1 aliphatic heterocycles. The third kappa shape index (κ3) is 3.59.